The third-order valence-electron chi connectivity index (χ3n) is 7.57. The van der Waals surface area contributed by atoms with Gasteiger partial charge in [-0.05, 0) is 73.7 Å². The van der Waals surface area contributed by atoms with Crippen molar-refractivity contribution in [1.82, 2.24) is 10.2 Å². The minimum Gasteiger partial charge on any atom is -0.352 e. The van der Waals surface area contributed by atoms with E-state index in [2.05, 4.69) is 5.32 Å². The summed E-state index contributed by atoms with van der Waals surface area (Å²) in [5.74, 6) is -0.751. The maximum absolute atomic E-state index is 14.2. The predicted molar refractivity (Wildman–Crippen MR) is 168 cm³/mol. The van der Waals surface area contributed by atoms with Gasteiger partial charge in [0.15, 0.2) is 0 Å². The first kappa shape index (κ1) is 31.9. The molecule has 0 spiro atoms. The smallest absolute Gasteiger partial charge is 0.264 e. The van der Waals surface area contributed by atoms with Gasteiger partial charge in [-0.2, -0.15) is 0 Å². The van der Waals surface area contributed by atoms with Gasteiger partial charge in [0.25, 0.3) is 10.0 Å². The molecule has 7 nitrogen and oxygen atoms in total. The minimum absolute atomic E-state index is 0.0549. The van der Waals surface area contributed by atoms with E-state index in [1.165, 1.54) is 17.0 Å². The average molecular weight is 631 g/mol. The third kappa shape index (κ3) is 7.85. The Morgan fingerprint density at radius 3 is 2.29 bits per heavy atom. The zero-order valence-corrected chi connectivity index (χ0v) is 26.3. The lowest BCUT2D eigenvalue weighted by Gasteiger charge is -2.34. The molecule has 1 saturated carbocycles. The topological polar surface area (TPSA) is 86.8 Å². The number of carbonyl (C=O) groups is 2. The molecule has 0 radical (unpaired) electrons. The largest absolute Gasteiger partial charge is 0.352 e. The molecule has 0 bridgehead atoms. The zero-order chi connectivity index (χ0) is 30.3. The fourth-order valence-electron chi connectivity index (χ4n) is 5.33. The van der Waals surface area contributed by atoms with Gasteiger partial charge in [-0.15, -0.1) is 0 Å². The monoisotopic (exact) mass is 629 g/mol. The number of hydrogen-bond donors (Lipinski definition) is 1. The molecule has 1 N–H and O–H groups in total. The van der Waals surface area contributed by atoms with Crippen LogP contribution in [-0.4, -0.2) is 43.8 Å². The normalized spacial score (nSPS) is 14.7. The number of hydrogen-bond acceptors (Lipinski definition) is 4. The number of nitrogens with one attached hydrogen (secondary N) is 1. The first-order valence-electron chi connectivity index (χ1n) is 14.3. The summed E-state index contributed by atoms with van der Waals surface area (Å²) in [6, 6.07) is 19.3. The molecule has 4 rings (SSSR count). The summed E-state index contributed by atoms with van der Waals surface area (Å²) >= 11 is 12.4. The second-order valence-corrected chi connectivity index (χ2v) is 13.4. The molecule has 1 aliphatic rings. The van der Waals surface area contributed by atoms with Crippen molar-refractivity contribution in [3.05, 3.63) is 94.0 Å². The Morgan fingerprint density at radius 2 is 1.64 bits per heavy atom. The highest BCUT2D eigenvalue weighted by Gasteiger charge is 2.34. The zero-order valence-electron chi connectivity index (χ0n) is 23.9. The second kappa shape index (κ2) is 14.4. The SMILES string of the molecule is CC[C@H](C(=O)NC1CCCCC1)N(Cc1ccc(Cl)c(Cl)c1)C(=O)CN(c1cccc(C)c1)S(=O)(=O)c1ccccc1. The summed E-state index contributed by atoms with van der Waals surface area (Å²) in [6.45, 7) is 3.27. The second-order valence-electron chi connectivity index (χ2n) is 10.7. The Bertz CT molecular complexity index is 1490. The highest BCUT2D eigenvalue weighted by Crippen LogP contribution is 2.27. The van der Waals surface area contributed by atoms with Crippen LogP contribution in [0, 0.1) is 6.92 Å². The molecule has 0 saturated heterocycles. The van der Waals surface area contributed by atoms with Crippen molar-refractivity contribution in [1.29, 1.82) is 0 Å². The average Bonchev–Trinajstić information content (AvgIpc) is 2.98. The number of halogens is 2. The van der Waals surface area contributed by atoms with Crippen LogP contribution >= 0.6 is 23.2 Å². The molecule has 224 valence electrons. The summed E-state index contributed by atoms with van der Waals surface area (Å²) < 4.78 is 29.0. The third-order valence-corrected chi connectivity index (χ3v) is 10.1. The molecule has 1 atom stereocenters. The van der Waals surface area contributed by atoms with E-state index in [1.54, 1.807) is 54.6 Å². The van der Waals surface area contributed by atoms with Crippen LogP contribution in [0.15, 0.2) is 77.7 Å². The van der Waals surface area contributed by atoms with Gasteiger partial charge in [0.05, 0.1) is 20.6 Å². The molecular formula is C32H37Cl2N3O4S. The quantitative estimate of drug-likeness (QED) is 0.254. The van der Waals surface area contributed by atoms with Crippen LogP contribution in [0.25, 0.3) is 0 Å². The number of rotatable bonds is 11. The highest BCUT2D eigenvalue weighted by molar-refractivity contribution is 7.92. The van der Waals surface area contributed by atoms with E-state index < -0.39 is 28.5 Å². The first-order valence-corrected chi connectivity index (χ1v) is 16.5. The molecule has 0 aromatic heterocycles. The van der Waals surface area contributed by atoms with Crippen molar-refractivity contribution in [3.8, 4) is 0 Å². The summed E-state index contributed by atoms with van der Waals surface area (Å²) in [5.41, 5.74) is 1.88. The van der Waals surface area contributed by atoms with Gasteiger partial charge in [-0.3, -0.25) is 13.9 Å². The number of benzene rings is 3. The molecule has 10 heteroatoms. The van der Waals surface area contributed by atoms with E-state index in [9.17, 15) is 18.0 Å². The Hall–Kier alpha value is -3.07. The Morgan fingerprint density at radius 1 is 0.929 bits per heavy atom. The summed E-state index contributed by atoms with van der Waals surface area (Å²) in [5, 5.41) is 3.85. The van der Waals surface area contributed by atoms with E-state index in [-0.39, 0.29) is 23.4 Å². The maximum atomic E-state index is 14.2. The van der Waals surface area contributed by atoms with E-state index in [0.29, 0.717) is 27.7 Å². The van der Waals surface area contributed by atoms with E-state index in [1.807, 2.05) is 19.9 Å². The standard InChI is InChI=1S/C32H37Cl2N3O4S/c1-3-30(32(39)35-25-12-6-4-7-13-25)36(21-24-17-18-28(33)29(34)20-24)31(38)22-37(26-14-10-11-23(2)19-26)42(40,41)27-15-8-5-9-16-27/h5,8-11,14-20,25,30H,3-4,6-7,12-13,21-22H2,1-2H3,(H,35,39)/t30-/m1/s1. The van der Waals surface area contributed by atoms with Gasteiger partial charge >= 0.3 is 0 Å². The van der Waals surface area contributed by atoms with Crippen molar-refractivity contribution in [2.24, 2.45) is 0 Å². The molecule has 2 amide bonds. The van der Waals surface area contributed by atoms with Gasteiger partial charge in [0.2, 0.25) is 11.8 Å². The summed E-state index contributed by atoms with van der Waals surface area (Å²) in [7, 11) is -4.11. The molecular weight excluding hydrogens is 593 g/mol. The number of aryl methyl sites for hydroxylation is 1. The molecule has 0 heterocycles. The van der Waals surface area contributed by atoms with Gasteiger partial charge in [-0.1, -0.05) is 85.8 Å². The highest BCUT2D eigenvalue weighted by atomic mass is 35.5. The van der Waals surface area contributed by atoms with Gasteiger partial charge in [0.1, 0.15) is 12.6 Å². The van der Waals surface area contributed by atoms with Gasteiger partial charge in [-0.25, -0.2) is 8.42 Å². The molecule has 3 aromatic carbocycles. The number of amides is 2. The van der Waals surface area contributed by atoms with E-state index >= 15 is 0 Å². The van der Waals surface area contributed by atoms with Crippen LogP contribution < -0.4 is 9.62 Å². The minimum atomic E-state index is -4.11. The number of sulfonamides is 1. The van der Waals surface area contributed by atoms with Gasteiger partial charge < -0.3 is 10.2 Å². The van der Waals surface area contributed by atoms with Crippen LogP contribution in [0.4, 0.5) is 5.69 Å². The summed E-state index contributed by atoms with van der Waals surface area (Å²) in [4.78, 5) is 29.4. The number of nitrogens with zero attached hydrogens (tertiary/aromatic N) is 2. The predicted octanol–water partition coefficient (Wildman–Crippen LogP) is 6.75. The lowest BCUT2D eigenvalue weighted by Crippen LogP contribution is -2.54. The fraction of sp³-hybridized carbons (Fsp3) is 0.375. The van der Waals surface area contributed by atoms with Crippen molar-refractivity contribution in [3.63, 3.8) is 0 Å². The van der Waals surface area contributed by atoms with E-state index in [4.69, 9.17) is 23.2 Å². The molecule has 42 heavy (non-hydrogen) atoms. The van der Waals surface area contributed by atoms with Crippen LogP contribution in [0.3, 0.4) is 0 Å². The lowest BCUT2D eigenvalue weighted by atomic mass is 9.95. The van der Waals surface area contributed by atoms with Crippen molar-refractivity contribution in [2.75, 3.05) is 10.8 Å². The molecule has 0 unspecified atom stereocenters. The lowest BCUT2D eigenvalue weighted by molar-refractivity contribution is -0.140. The summed E-state index contributed by atoms with van der Waals surface area (Å²) in [6.07, 6.45) is 5.41. The van der Waals surface area contributed by atoms with Crippen LogP contribution in [0.2, 0.25) is 10.0 Å². The van der Waals surface area contributed by atoms with Crippen LogP contribution in [0.1, 0.15) is 56.6 Å². The van der Waals surface area contributed by atoms with Crippen LogP contribution in [0.5, 0.6) is 0 Å². The Kier molecular flexibility index (Phi) is 10.9. The van der Waals surface area contributed by atoms with Gasteiger partial charge in [0, 0.05) is 12.6 Å². The van der Waals surface area contributed by atoms with Crippen molar-refractivity contribution < 1.29 is 18.0 Å². The molecule has 0 aliphatic heterocycles. The van der Waals surface area contributed by atoms with Crippen LogP contribution in [-0.2, 0) is 26.2 Å². The van der Waals surface area contributed by atoms with Crippen molar-refractivity contribution >= 4 is 50.7 Å². The number of carbonyl (C=O) groups excluding carboxylic acids is 2. The first-order chi connectivity index (χ1) is 20.1. The fourth-order valence-corrected chi connectivity index (χ4v) is 7.08. The van der Waals surface area contributed by atoms with Crippen molar-refractivity contribution in [2.45, 2.75) is 75.9 Å². The number of anilines is 1. The van der Waals surface area contributed by atoms with E-state index in [0.717, 1.165) is 42.0 Å². The molecule has 1 fully saturated rings. The Balaban J connectivity index is 1.71. The molecule has 1 aliphatic carbocycles. The maximum Gasteiger partial charge on any atom is 0.264 e. The molecule has 3 aromatic rings. The Labute approximate surface area is 258 Å².